The molecule has 1 amide bonds. The number of nitrogens with zero attached hydrogens (tertiary/aromatic N) is 2. The quantitative estimate of drug-likeness (QED) is 0.440. The van der Waals surface area contributed by atoms with Crippen LogP contribution in [0.15, 0.2) is 97.2 Å². The van der Waals surface area contributed by atoms with Crippen LogP contribution >= 0.6 is 12.2 Å². The second kappa shape index (κ2) is 9.69. The highest BCUT2D eigenvalue weighted by Gasteiger charge is 2.14. The van der Waals surface area contributed by atoms with Gasteiger partial charge in [-0.05, 0) is 48.1 Å². The highest BCUT2D eigenvalue weighted by molar-refractivity contribution is 7.80. The summed E-state index contributed by atoms with van der Waals surface area (Å²) < 4.78 is 7.40. The molecule has 0 unspecified atom stereocenters. The normalized spacial score (nSPS) is 10.3. The highest BCUT2D eigenvalue weighted by Crippen LogP contribution is 2.19. The predicted molar refractivity (Wildman–Crippen MR) is 124 cm³/mol. The van der Waals surface area contributed by atoms with E-state index >= 15 is 0 Å². The molecule has 7 heteroatoms. The molecule has 0 bridgehead atoms. The molecular formula is C24H20N4O2S. The van der Waals surface area contributed by atoms with E-state index < -0.39 is 0 Å². The van der Waals surface area contributed by atoms with E-state index in [9.17, 15) is 4.79 Å². The molecule has 2 N–H and O–H groups in total. The molecule has 0 saturated carbocycles. The van der Waals surface area contributed by atoms with E-state index in [4.69, 9.17) is 17.0 Å². The minimum Gasteiger partial charge on any atom is -0.489 e. The second-order valence-electron chi connectivity index (χ2n) is 6.67. The first-order chi connectivity index (χ1) is 15.2. The van der Waals surface area contributed by atoms with E-state index in [1.54, 1.807) is 16.9 Å². The summed E-state index contributed by atoms with van der Waals surface area (Å²) in [7, 11) is 0. The summed E-state index contributed by atoms with van der Waals surface area (Å²) in [6.07, 6.45) is 1.58. The van der Waals surface area contributed by atoms with Crippen molar-refractivity contribution in [3.05, 3.63) is 108 Å². The summed E-state index contributed by atoms with van der Waals surface area (Å²) >= 11 is 5.32. The number of nitrogens with one attached hydrogen (secondary N) is 2. The molecule has 0 saturated heterocycles. The molecule has 0 fully saturated rings. The number of ether oxygens (including phenoxy) is 1. The summed E-state index contributed by atoms with van der Waals surface area (Å²) in [5.41, 5.74) is 2.97. The number of thiocarbonyl (C=S) groups is 1. The second-order valence-corrected chi connectivity index (χ2v) is 7.08. The molecule has 0 spiro atoms. The number of anilines is 1. The third kappa shape index (κ3) is 5.34. The van der Waals surface area contributed by atoms with Crippen LogP contribution in [0.5, 0.6) is 5.75 Å². The number of aromatic nitrogens is 2. The number of carbonyl (C=O) groups is 1. The maximum atomic E-state index is 12.7. The van der Waals surface area contributed by atoms with Crippen molar-refractivity contribution in [2.75, 3.05) is 5.32 Å². The maximum Gasteiger partial charge on any atom is 0.276 e. The van der Waals surface area contributed by atoms with Crippen LogP contribution in [0.4, 0.5) is 5.69 Å². The smallest absolute Gasteiger partial charge is 0.276 e. The topological polar surface area (TPSA) is 68.2 Å². The summed E-state index contributed by atoms with van der Waals surface area (Å²) in [6, 6.07) is 28.4. The average molecular weight is 429 g/mol. The van der Waals surface area contributed by atoms with E-state index in [0.29, 0.717) is 23.7 Å². The van der Waals surface area contributed by atoms with Crippen LogP contribution in [0.2, 0.25) is 0 Å². The molecule has 3 aromatic carbocycles. The van der Waals surface area contributed by atoms with Crippen molar-refractivity contribution >= 4 is 28.9 Å². The lowest BCUT2D eigenvalue weighted by Crippen LogP contribution is -2.35. The largest absolute Gasteiger partial charge is 0.489 e. The lowest BCUT2D eigenvalue weighted by molar-refractivity contribution is 0.0970. The van der Waals surface area contributed by atoms with Gasteiger partial charge >= 0.3 is 0 Å². The minimum atomic E-state index is -0.352. The first kappa shape index (κ1) is 20.3. The Balaban J connectivity index is 1.37. The zero-order valence-corrected chi connectivity index (χ0v) is 17.4. The summed E-state index contributed by atoms with van der Waals surface area (Å²) in [4.78, 5) is 12.7. The number of hydrogen-bond donors (Lipinski definition) is 2. The standard InChI is InChI=1S/C24H20N4O2S/c29-23(22-14-15-25-28(22)20-11-5-2-6-12-20)27-24(31)26-19-10-7-13-21(16-19)30-17-18-8-3-1-4-9-18/h1-16H,17H2,(H2,26,27,29,31). The monoisotopic (exact) mass is 428 g/mol. The summed E-state index contributed by atoms with van der Waals surface area (Å²) in [5.74, 6) is 0.348. The molecule has 0 aliphatic carbocycles. The lowest BCUT2D eigenvalue weighted by Gasteiger charge is -2.12. The first-order valence-corrected chi connectivity index (χ1v) is 10.1. The van der Waals surface area contributed by atoms with E-state index in [1.165, 1.54) is 0 Å². The van der Waals surface area contributed by atoms with Gasteiger partial charge in [0.05, 0.1) is 11.9 Å². The zero-order valence-electron chi connectivity index (χ0n) is 16.6. The van der Waals surface area contributed by atoms with E-state index in [2.05, 4.69) is 15.7 Å². The Morgan fingerprint density at radius 3 is 2.45 bits per heavy atom. The number of para-hydroxylation sites is 1. The van der Waals surface area contributed by atoms with Crippen molar-refractivity contribution in [3.8, 4) is 11.4 Å². The predicted octanol–water partition coefficient (Wildman–Crippen LogP) is 4.58. The van der Waals surface area contributed by atoms with Crippen LogP contribution in [0.25, 0.3) is 5.69 Å². The Kier molecular flexibility index (Phi) is 6.35. The van der Waals surface area contributed by atoms with Crippen LogP contribution in [0, 0.1) is 0 Å². The van der Waals surface area contributed by atoms with Gasteiger partial charge in [-0.3, -0.25) is 10.1 Å². The van der Waals surface area contributed by atoms with Crippen LogP contribution in [-0.2, 0) is 6.61 Å². The zero-order chi connectivity index (χ0) is 21.5. The molecule has 31 heavy (non-hydrogen) atoms. The van der Waals surface area contributed by atoms with Crippen molar-refractivity contribution in [1.82, 2.24) is 15.1 Å². The molecule has 0 radical (unpaired) electrons. The van der Waals surface area contributed by atoms with E-state index in [-0.39, 0.29) is 11.0 Å². The third-order valence-electron chi connectivity index (χ3n) is 4.44. The van der Waals surface area contributed by atoms with Gasteiger partial charge in [0.1, 0.15) is 18.1 Å². The number of amides is 1. The number of rotatable bonds is 6. The fourth-order valence-corrected chi connectivity index (χ4v) is 3.19. The Labute approximate surface area is 185 Å². The van der Waals surface area contributed by atoms with Crippen LogP contribution < -0.4 is 15.4 Å². The molecule has 0 atom stereocenters. The number of carbonyl (C=O) groups excluding carboxylic acids is 1. The molecule has 0 aliphatic rings. The average Bonchev–Trinajstić information content (AvgIpc) is 3.29. The SMILES string of the molecule is O=C(NC(=S)Nc1cccc(OCc2ccccc2)c1)c1ccnn1-c1ccccc1. The Bertz CT molecular complexity index is 1180. The van der Waals surface area contributed by atoms with Gasteiger partial charge in [0.25, 0.3) is 5.91 Å². The molecule has 1 heterocycles. The fraction of sp³-hybridized carbons (Fsp3) is 0.0417. The molecule has 4 rings (SSSR count). The number of benzene rings is 3. The molecule has 1 aromatic heterocycles. The van der Waals surface area contributed by atoms with Crippen LogP contribution in [-0.4, -0.2) is 20.8 Å². The van der Waals surface area contributed by atoms with Gasteiger partial charge in [0.2, 0.25) is 0 Å². The number of hydrogen-bond acceptors (Lipinski definition) is 4. The van der Waals surface area contributed by atoms with Gasteiger partial charge in [0.15, 0.2) is 5.11 Å². The van der Waals surface area contributed by atoms with Gasteiger partial charge in [-0.15, -0.1) is 0 Å². The maximum absolute atomic E-state index is 12.7. The highest BCUT2D eigenvalue weighted by atomic mass is 32.1. The molecular weight excluding hydrogens is 408 g/mol. The van der Waals surface area contributed by atoms with Crippen molar-refractivity contribution in [2.45, 2.75) is 6.61 Å². The first-order valence-electron chi connectivity index (χ1n) is 9.67. The molecule has 154 valence electrons. The van der Waals surface area contributed by atoms with Crippen molar-refractivity contribution < 1.29 is 9.53 Å². The summed E-state index contributed by atoms with van der Waals surface area (Å²) in [5, 5.41) is 10.1. The fourth-order valence-electron chi connectivity index (χ4n) is 2.98. The third-order valence-corrected chi connectivity index (χ3v) is 4.65. The van der Waals surface area contributed by atoms with Crippen molar-refractivity contribution in [1.29, 1.82) is 0 Å². The van der Waals surface area contributed by atoms with Crippen LogP contribution in [0.1, 0.15) is 16.1 Å². The molecule has 4 aromatic rings. The summed E-state index contributed by atoms with van der Waals surface area (Å²) in [6.45, 7) is 0.467. The van der Waals surface area contributed by atoms with Gasteiger partial charge in [-0.2, -0.15) is 5.10 Å². The van der Waals surface area contributed by atoms with Crippen molar-refractivity contribution in [2.24, 2.45) is 0 Å². The molecule has 6 nitrogen and oxygen atoms in total. The van der Waals surface area contributed by atoms with E-state index in [0.717, 1.165) is 11.3 Å². The van der Waals surface area contributed by atoms with Gasteiger partial charge in [-0.1, -0.05) is 54.6 Å². The van der Waals surface area contributed by atoms with E-state index in [1.807, 2.05) is 84.9 Å². The van der Waals surface area contributed by atoms with Crippen LogP contribution in [0.3, 0.4) is 0 Å². The molecule has 0 aliphatic heterocycles. The Hall–Kier alpha value is -3.97. The lowest BCUT2D eigenvalue weighted by atomic mass is 10.2. The Morgan fingerprint density at radius 1 is 0.935 bits per heavy atom. The Morgan fingerprint density at radius 2 is 1.68 bits per heavy atom. The van der Waals surface area contributed by atoms with Gasteiger partial charge in [0, 0.05) is 11.8 Å². The van der Waals surface area contributed by atoms with Gasteiger partial charge in [-0.25, -0.2) is 4.68 Å². The van der Waals surface area contributed by atoms with Crippen molar-refractivity contribution in [3.63, 3.8) is 0 Å². The van der Waals surface area contributed by atoms with Gasteiger partial charge < -0.3 is 10.1 Å². The minimum absolute atomic E-state index is 0.186.